The Hall–Kier alpha value is -3.04. The number of ether oxygens (including phenoxy) is 1. The van der Waals surface area contributed by atoms with Crippen molar-refractivity contribution in [1.82, 2.24) is 9.88 Å². The number of carbonyl (C=O) groups excluding carboxylic acids is 3. The standard InChI is InChI=1S/C23H21N3O4S2/c27-19-9-3-10-25(19)11-5-12-26(22(29)18-8-4-13-31-18)23-24-16(14-32-23)21-20(28)15-6-1-2-7-17(15)30-21/h1-2,4,6-8,13-14,21H,3,5,9-12H2. The molecule has 32 heavy (non-hydrogen) atoms. The molecule has 9 heteroatoms. The number of thiophene rings is 1. The van der Waals surface area contributed by atoms with Crippen LogP contribution in [-0.2, 0) is 4.79 Å². The Morgan fingerprint density at radius 3 is 2.81 bits per heavy atom. The lowest BCUT2D eigenvalue weighted by molar-refractivity contribution is -0.127. The van der Waals surface area contributed by atoms with Crippen molar-refractivity contribution >= 4 is 45.4 Å². The number of para-hydroxylation sites is 1. The summed E-state index contributed by atoms with van der Waals surface area (Å²) in [5.41, 5.74) is 1.05. The molecule has 1 atom stereocenters. The molecule has 3 aromatic rings. The molecular formula is C23H21N3O4S2. The number of thiazole rings is 1. The second-order valence-corrected chi connectivity index (χ2v) is 9.47. The molecule has 2 aliphatic rings. The minimum absolute atomic E-state index is 0.124. The van der Waals surface area contributed by atoms with Crippen molar-refractivity contribution < 1.29 is 19.1 Å². The van der Waals surface area contributed by atoms with Crippen LogP contribution in [0.2, 0.25) is 0 Å². The Balaban J connectivity index is 1.35. The third kappa shape index (κ3) is 3.93. The molecule has 5 rings (SSSR count). The fourth-order valence-electron chi connectivity index (χ4n) is 3.99. The molecule has 4 heterocycles. The molecule has 1 aromatic carbocycles. The van der Waals surface area contributed by atoms with E-state index in [1.807, 2.05) is 28.5 Å². The van der Waals surface area contributed by atoms with Gasteiger partial charge in [0, 0.05) is 31.4 Å². The number of rotatable bonds is 7. The lowest BCUT2D eigenvalue weighted by Crippen LogP contribution is -2.34. The molecule has 2 aromatic heterocycles. The van der Waals surface area contributed by atoms with Gasteiger partial charge in [0.15, 0.2) is 5.13 Å². The average molecular weight is 468 g/mol. The van der Waals surface area contributed by atoms with Gasteiger partial charge in [0.2, 0.25) is 17.8 Å². The lowest BCUT2D eigenvalue weighted by Gasteiger charge is -2.21. The van der Waals surface area contributed by atoms with Gasteiger partial charge in [0.1, 0.15) is 11.4 Å². The van der Waals surface area contributed by atoms with Crippen molar-refractivity contribution in [2.75, 3.05) is 24.5 Å². The highest BCUT2D eigenvalue weighted by Gasteiger charge is 2.36. The van der Waals surface area contributed by atoms with Crippen LogP contribution in [0, 0.1) is 0 Å². The summed E-state index contributed by atoms with van der Waals surface area (Å²) in [4.78, 5) is 46.6. The zero-order valence-corrected chi connectivity index (χ0v) is 18.9. The van der Waals surface area contributed by atoms with E-state index in [1.54, 1.807) is 28.5 Å². The molecule has 2 aliphatic heterocycles. The molecule has 0 bridgehead atoms. The molecule has 7 nitrogen and oxygen atoms in total. The van der Waals surface area contributed by atoms with Crippen LogP contribution in [0.1, 0.15) is 51.1 Å². The highest BCUT2D eigenvalue weighted by atomic mass is 32.1. The zero-order chi connectivity index (χ0) is 22.1. The van der Waals surface area contributed by atoms with E-state index < -0.39 is 6.10 Å². The number of amides is 2. The average Bonchev–Trinajstić information content (AvgIpc) is 3.59. The quantitative estimate of drug-likeness (QED) is 0.521. The second kappa shape index (κ2) is 8.84. The number of nitrogens with zero attached hydrogens (tertiary/aromatic N) is 3. The molecule has 0 spiro atoms. The van der Waals surface area contributed by atoms with Gasteiger partial charge in [-0.3, -0.25) is 19.3 Å². The minimum atomic E-state index is -0.793. The van der Waals surface area contributed by atoms with Gasteiger partial charge in [0.25, 0.3) is 5.91 Å². The summed E-state index contributed by atoms with van der Waals surface area (Å²) in [6, 6.07) is 10.8. The number of fused-ring (bicyclic) bond motifs is 1. The van der Waals surface area contributed by atoms with Crippen molar-refractivity contribution in [2.24, 2.45) is 0 Å². The van der Waals surface area contributed by atoms with Gasteiger partial charge in [0.05, 0.1) is 10.4 Å². The van der Waals surface area contributed by atoms with Gasteiger partial charge in [-0.05, 0) is 36.4 Å². The maximum absolute atomic E-state index is 13.2. The van der Waals surface area contributed by atoms with Gasteiger partial charge < -0.3 is 9.64 Å². The van der Waals surface area contributed by atoms with Gasteiger partial charge in [-0.25, -0.2) is 4.98 Å². The number of benzene rings is 1. The van der Waals surface area contributed by atoms with E-state index in [4.69, 9.17) is 4.74 Å². The topological polar surface area (TPSA) is 79.8 Å². The molecular weight excluding hydrogens is 446 g/mol. The van der Waals surface area contributed by atoms with E-state index in [1.165, 1.54) is 22.7 Å². The molecule has 0 aliphatic carbocycles. The maximum atomic E-state index is 13.2. The molecule has 2 amide bonds. The molecule has 0 saturated carbocycles. The number of carbonyl (C=O) groups is 3. The SMILES string of the molecule is O=C1c2ccccc2OC1c1csc(N(CCCN2CCCC2=O)C(=O)c2cccs2)n1. The number of aromatic nitrogens is 1. The van der Waals surface area contributed by atoms with Crippen LogP contribution < -0.4 is 9.64 Å². The predicted octanol–water partition coefficient (Wildman–Crippen LogP) is 4.18. The van der Waals surface area contributed by atoms with Crippen molar-refractivity contribution in [3.8, 4) is 5.75 Å². The summed E-state index contributed by atoms with van der Waals surface area (Å²) < 4.78 is 5.84. The summed E-state index contributed by atoms with van der Waals surface area (Å²) in [6.07, 6.45) is 1.36. The largest absolute Gasteiger partial charge is 0.475 e. The molecule has 164 valence electrons. The molecule has 0 radical (unpaired) electrons. The van der Waals surface area contributed by atoms with Gasteiger partial charge in [-0.2, -0.15) is 0 Å². The number of hydrogen-bond acceptors (Lipinski definition) is 7. The fraction of sp³-hybridized carbons (Fsp3) is 0.304. The van der Waals surface area contributed by atoms with Crippen LogP contribution in [0.15, 0.2) is 47.2 Å². The molecule has 1 unspecified atom stereocenters. The van der Waals surface area contributed by atoms with Crippen LogP contribution in [0.3, 0.4) is 0 Å². The maximum Gasteiger partial charge on any atom is 0.270 e. The van der Waals surface area contributed by atoms with E-state index in [2.05, 4.69) is 4.98 Å². The van der Waals surface area contributed by atoms with E-state index in [-0.39, 0.29) is 17.6 Å². The smallest absolute Gasteiger partial charge is 0.270 e. The molecule has 1 saturated heterocycles. The Morgan fingerprint density at radius 1 is 1.19 bits per heavy atom. The Bertz CT molecular complexity index is 1160. The summed E-state index contributed by atoms with van der Waals surface area (Å²) >= 11 is 2.70. The predicted molar refractivity (Wildman–Crippen MR) is 123 cm³/mol. The Labute approximate surface area is 193 Å². The summed E-state index contributed by atoms with van der Waals surface area (Å²) in [5.74, 6) is 0.477. The Kier molecular flexibility index (Phi) is 5.75. The van der Waals surface area contributed by atoms with Crippen LogP contribution >= 0.6 is 22.7 Å². The summed E-state index contributed by atoms with van der Waals surface area (Å²) in [6.45, 7) is 1.83. The highest BCUT2D eigenvalue weighted by molar-refractivity contribution is 7.14. The number of ketones is 1. The van der Waals surface area contributed by atoms with E-state index in [0.29, 0.717) is 52.9 Å². The number of anilines is 1. The van der Waals surface area contributed by atoms with Crippen molar-refractivity contribution in [2.45, 2.75) is 25.4 Å². The van der Waals surface area contributed by atoms with Gasteiger partial charge in [-0.1, -0.05) is 18.2 Å². The van der Waals surface area contributed by atoms with Crippen LogP contribution in [-0.4, -0.2) is 47.1 Å². The molecule has 0 N–H and O–H groups in total. The zero-order valence-electron chi connectivity index (χ0n) is 17.2. The summed E-state index contributed by atoms with van der Waals surface area (Å²) in [7, 11) is 0. The van der Waals surface area contributed by atoms with Crippen molar-refractivity contribution in [3.63, 3.8) is 0 Å². The first-order valence-corrected chi connectivity index (χ1v) is 12.3. The monoisotopic (exact) mass is 467 g/mol. The molecule has 1 fully saturated rings. The van der Waals surface area contributed by atoms with Crippen molar-refractivity contribution in [1.29, 1.82) is 0 Å². The van der Waals surface area contributed by atoms with Gasteiger partial charge >= 0.3 is 0 Å². The first-order valence-electron chi connectivity index (χ1n) is 10.5. The third-order valence-electron chi connectivity index (χ3n) is 5.60. The normalized spacial score (nSPS) is 17.5. The third-order valence-corrected chi connectivity index (χ3v) is 7.34. The first-order chi connectivity index (χ1) is 15.6. The number of hydrogen-bond donors (Lipinski definition) is 0. The van der Waals surface area contributed by atoms with Crippen LogP contribution in [0.5, 0.6) is 5.75 Å². The van der Waals surface area contributed by atoms with E-state index in [0.717, 1.165) is 13.0 Å². The van der Waals surface area contributed by atoms with Crippen LogP contribution in [0.4, 0.5) is 5.13 Å². The van der Waals surface area contributed by atoms with E-state index >= 15 is 0 Å². The second-order valence-electron chi connectivity index (χ2n) is 7.69. The number of Topliss-reactive ketones (excluding diaryl/α,β-unsaturated/α-hetero) is 1. The van der Waals surface area contributed by atoms with Gasteiger partial charge in [-0.15, -0.1) is 22.7 Å². The number of likely N-dealkylation sites (tertiary alicyclic amines) is 1. The lowest BCUT2D eigenvalue weighted by atomic mass is 10.1. The summed E-state index contributed by atoms with van der Waals surface area (Å²) in [5, 5.41) is 4.17. The minimum Gasteiger partial charge on any atom is -0.475 e. The highest BCUT2D eigenvalue weighted by Crippen LogP contribution is 2.38. The fourth-order valence-corrected chi connectivity index (χ4v) is 5.52. The Morgan fingerprint density at radius 2 is 2.06 bits per heavy atom. The first kappa shape index (κ1) is 20.8. The van der Waals surface area contributed by atoms with Crippen molar-refractivity contribution in [3.05, 3.63) is 63.3 Å². The van der Waals surface area contributed by atoms with Crippen LogP contribution in [0.25, 0.3) is 0 Å². The van der Waals surface area contributed by atoms with E-state index in [9.17, 15) is 14.4 Å².